The molecule has 0 saturated carbocycles. The van der Waals surface area contributed by atoms with E-state index in [-0.39, 0.29) is 21.3 Å². The summed E-state index contributed by atoms with van der Waals surface area (Å²) < 4.78 is 15.9. The Labute approximate surface area is 219 Å². The van der Waals surface area contributed by atoms with Gasteiger partial charge in [-0.1, -0.05) is 47.2 Å². The van der Waals surface area contributed by atoms with Gasteiger partial charge in [0.25, 0.3) is 5.91 Å². The van der Waals surface area contributed by atoms with Crippen molar-refractivity contribution < 1.29 is 33.4 Å². The first-order valence-electron chi connectivity index (χ1n) is 10.9. The lowest BCUT2D eigenvalue weighted by molar-refractivity contribution is -0.117. The van der Waals surface area contributed by atoms with Crippen LogP contribution in [0.5, 0.6) is 5.75 Å². The van der Waals surface area contributed by atoms with Crippen LogP contribution in [0.4, 0.5) is 5.13 Å². The molecule has 5 rings (SSSR count). The van der Waals surface area contributed by atoms with E-state index in [0.29, 0.717) is 33.0 Å². The number of esters is 1. The first kappa shape index (κ1) is 24.5. The number of thiazole rings is 1. The Morgan fingerprint density at radius 3 is 2.62 bits per heavy atom. The number of rotatable bonds is 6. The second-order valence-electron chi connectivity index (χ2n) is 8.12. The van der Waals surface area contributed by atoms with Gasteiger partial charge in [0.2, 0.25) is 5.78 Å². The van der Waals surface area contributed by atoms with Gasteiger partial charge < -0.3 is 19.0 Å². The summed E-state index contributed by atoms with van der Waals surface area (Å²) in [7, 11) is 2.72. The number of anilines is 1. The highest BCUT2D eigenvalue weighted by molar-refractivity contribution is 7.17. The molecule has 188 valence electrons. The minimum absolute atomic E-state index is 0.0895. The minimum Gasteiger partial charge on any atom is -0.503 e. The van der Waals surface area contributed by atoms with Gasteiger partial charge in [0.05, 0.1) is 31.5 Å². The normalized spacial score (nSPS) is 15.5. The number of hydrogen-bond donors (Lipinski definition) is 1. The van der Waals surface area contributed by atoms with E-state index in [1.165, 1.54) is 25.2 Å². The van der Waals surface area contributed by atoms with E-state index in [9.17, 15) is 19.5 Å². The lowest BCUT2D eigenvalue weighted by atomic mass is 9.95. The summed E-state index contributed by atoms with van der Waals surface area (Å²) in [5.74, 6) is -2.58. The number of carbonyl (C=O) groups is 3. The van der Waals surface area contributed by atoms with Crippen molar-refractivity contribution in [3.63, 3.8) is 0 Å². The van der Waals surface area contributed by atoms with Crippen molar-refractivity contribution in [2.45, 2.75) is 13.0 Å². The summed E-state index contributed by atoms with van der Waals surface area (Å²) in [6.07, 6.45) is 0. The molecule has 1 aliphatic rings. The molecule has 1 N–H and O–H groups in total. The van der Waals surface area contributed by atoms with Crippen molar-refractivity contribution in [2.75, 3.05) is 19.1 Å². The van der Waals surface area contributed by atoms with Crippen LogP contribution in [-0.4, -0.2) is 42.0 Å². The molecule has 4 aromatic rings. The van der Waals surface area contributed by atoms with Gasteiger partial charge >= 0.3 is 5.97 Å². The van der Waals surface area contributed by atoms with Gasteiger partial charge in [-0.05, 0) is 36.8 Å². The third-order valence-corrected chi connectivity index (χ3v) is 7.30. The second kappa shape index (κ2) is 9.38. The summed E-state index contributed by atoms with van der Waals surface area (Å²) in [5, 5.41) is 12.1. The maximum atomic E-state index is 13.8. The van der Waals surface area contributed by atoms with E-state index in [1.54, 1.807) is 49.4 Å². The van der Waals surface area contributed by atoms with Crippen molar-refractivity contribution in [1.82, 2.24) is 4.98 Å². The number of aliphatic hydroxyl groups is 1. The van der Waals surface area contributed by atoms with E-state index in [4.69, 9.17) is 25.5 Å². The van der Waals surface area contributed by atoms with Gasteiger partial charge in [-0.15, -0.1) is 0 Å². The van der Waals surface area contributed by atoms with Crippen LogP contribution in [0.2, 0.25) is 5.02 Å². The van der Waals surface area contributed by atoms with Gasteiger partial charge in [0.15, 0.2) is 28.0 Å². The molecule has 1 atom stereocenters. The number of aromatic nitrogens is 1. The largest absolute Gasteiger partial charge is 0.503 e. The fourth-order valence-corrected chi connectivity index (χ4v) is 5.45. The Hall–Kier alpha value is -4.15. The number of methoxy groups -OCH3 is 2. The van der Waals surface area contributed by atoms with Crippen molar-refractivity contribution >= 4 is 56.7 Å². The maximum Gasteiger partial charge on any atom is 0.350 e. The van der Waals surface area contributed by atoms with E-state index in [1.807, 2.05) is 0 Å². The van der Waals surface area contributed by atoms with Crippen molar-refractivity contribution in [1.29, 1.82) is 0 Å². The molecule has 0 spiro atoms. The zero-order valence-electron chi connectivity index (χ0n) is 19.8. The van der Waals surface area contributed by atoms with Crippen LogP contribution in [0.3, 0.4) is 0 Å². The van der Waals surface area contributed by atoms with Crippen LogP contribution >= 0.6 is 22.9 Å². The van der Waals surface area contributed by atoms with Gasteiger partial charge in [0, 0.05) is 10.4 Å². The molecule has 1 aliphatic heterocycles. The van der Waals surface area contributed by atoms with E-state index in [2.05, 4.69) is 4.98 Å². The second-order valence-corrected chi connectivity index (χ2v) is 9.53. The van der Waals surface area contributed by atoms with Crippen LogP contribution in [0, 0.1) is 6.92 Å². The molecule has 3 heterocycles. The minimum atomic E-state index is -1.09. The highest BCUT2D eigenvalue weighted by Crippen LogP contribution is 2.44. The third kappa shape index (κ3) is 4.04. The molecule has 11 heteroatoms. The van der Waals surface area contributed by atoms with E-state index < -0.39 is 29.5 Å². The standard InChI is InChI=1S/C26H19ClN2O7S/c1-12-23(25(33)35-3)37-26(28-12)29-19(13-6-4-8-15(27)10-13)18(21(31)24(29)32)20(30)17-11-14-7-5-9-16(34-2)22(14)36-17/h4-11,19,31H,1-3H3. The fourth-order valence-electron chi connectivity index (χ4n) is 4.24. The molecule has 2 aromatic carbocycles. The number of fused-ring (bicyclic) bond motifs is 1. The van der Waals surface area contributed by atoms with Crippen molar-refractivity contribution in [3.05, 3.63) is 86.8 Å². The Bertz CT molecular complexity index is 1620. The molecule has 0 radical (unpaired) electrons. The Morgan fingerprint density at radius 1 is 1.16 bits per heavy atom. The summed E-state index contributed by atoms with van der Waals surface area (Å²) in [6.45, 7) is 1.60. The molecular formula is C26H19ClN2O7S. The first-order valence-corrected chi connectivity index (χ1v) is 12.1. The van der Waals surface area contributed by atoms with Gasteiger partial charge in [0.1, 0.15) is 4.88 Å². The molecule has 0 saturated heterocycles. The number of halogens is 1. The van der Waals surface area contributed by atoms with Crippen LogP contribution in [0.1, 0.15) is 37.5 Å². The van der Waals surface area contributed by atoms with Crippen LogP contribution < -0.4 is 9.64 Å². The number of nitrogens with zero attached hydrogens (tertiary/aromatic N) is 2. The summed E-state index contributed by atoms with van der Waals surface area (Å²) in [6, 6.07) is 12.2. The number of aliphatic hydroxyl groups excluding tert-OH is 1. The lowest BCUT2D eigenvalue weighted by Crippen LogP contribution is -2.31. The zero-order valence-corrected chi connectivity index (χ0v) is 21.3. The lowest BCUT2D eigenvalue weighted by Gasteiger charge is -2.24. The van der Waals surface area contributed by atoms with Gasteiger partial charge in [-0.3, -0.25) is 14.5 Å². The van der Waals surface area contributed by atoms with Gasteiger partial charge in [-0.25, -0.2) is 9.78 Å². The summed E-state index contributed by atoms with van der Waals surface area (Å²) >= 11 is 7.15. The number of para-hydroxylation sites is 1. The number of ketones is 1. The number of aryl methyl sites for hydroxylation is 1. The Balaban J connectivity index is 1.66. The molecular weight excluding hydrogens is 520 g/mol. The molecule has 0 bridgehead atoms. The SMILES string of the molecule is COC(=O)c1sc(N2C(=O)C(O)=C(C(=O)c3cc4cccc(OC)c4o3)C2c2cccc(Cl)c2)nc1C. The molecule has 0 fully saturated rings. The number of Topliss-reactive ketones (excluding diaryl/α,β-unsaturated/α-hetero) is 1. The molecule has 2 aromatic heterocycles. The highest BCUT2D eigenvalue weighted by Gasteiger charge is 2.47. The number of amides is 1. The molecule has 0 aliphatic carbocycles. The number of ether oxygens (including phenoxy) is 2. The number of hydrogen-bond acceptors (Lipinski definition) is 9. The number of benzene rings is 2. The van der Waals surface area contributed by atoms with Gasteiger partial charge in [-0.2, -0.15) is 0 Å². The molecule has 37 heavy (non-hydrogen) atoms. The summed E-state index contributed by atoms with van der Waals surface area (Å²) in [5.41, 5.74) is 0.938. The number of furan rings is 1. The quantitative estimate of drug-likeness (QED) is 0.255. The van der Waals surface area contributed by atoms with Crippen LogP contribution in [-0.2, 0) is 9.53 Å². The van der Waals surface area contributed by atoms with Crippen LogP contribution in [0.15, 0.2) is 64.3 Å². The fraction of sp³-hybridized carbons (Fsp3) is 0.154. The average molecular weight is 539 g/mol. The Morgan fingerprint density at radius 2 is 1.92 bits per heavy atom. The van der Waals surface area contributed by atoms with Crippen molar-refractivity contribution in [2.24, 2.45) is 0 Å². The Kier molecular flexibility index (Phi) is 6.22. The smallest absolute Gasteiger partial charge is 0.350 e. The van der Waals surface area contributed by atoms with E-state index in [0.717, 1.165) is 11.3 Å². The van der Waals surface area contributed by atoms with Crippen molar-refractivity contribution in [3.8, 4) is 5.75 Å². The van der Waals surface area contributed by atoms with E-state index >= 15 is 0 Å². The average Bonchev–Trinajstić information content (AvgIpc) is 3.57. The first-order chi connectivity index (χ1) is 17.7. The highest BCUT2D eigenvalue weighted by atomic mass is 35.5. The van der Waals surface area contributed by atoms with Crippen LogP contribution in [0.25, 0.3) is 11.0 Å². The zero-order chi connectivity index (χ0) is 26.4. The predicted octanol–water partition coefficient (Wildman–Crippen LogP) is 5.43. The maximum absolute atomic E-state index is 13.8. The predicted molar refractivity (Wildman–Crippen MR) is 137 cm³/mol. The summed E-state index contributed by atoms with van der Waals surface area (Å²) in [4.78, 5) is 45.1. The monoisotopic (exact) mass is 538 g/mol. The molecule has 1 amide bonds. The molecule has 1 unspecified atom stereocenters. The number of carbonyl (C=O) groups excluding carboxylic acids is 3. The molecule has 9 nitrogen and oxygen atoms in total. The topological polar surface area (TPSA) is 119 Å². The third-order valence-electron chi connectivity index (χ3n) is 5.93.